The molecule has 0 amide bonds. The van der Waals surface area contributed by atoms with Gasteiger partial charge in [-0.1, -0.05) is 12.1 Å². The van der Waals surface area contributed by atoms with Crippen molar-refractivity contribution in [2.75, 3.05) is 5.84 Å². The fourth-order valence-electron chi connectivity index (χ4n) is 2.15. The van der Waals surface area contributed by atoms with Crippen LogP contribution in [0.25, 0.3) is 21.8 Å². The van der Waals surface area contributed by atoms with Crippen molar-refractivity contribution >= 4 is 21.8 Å². The molecule has 3 aromatic rings. The molecular formula is C13H13N3. The van der Waals surface area contributed by atoms with Gasteiger partial charge < -0.3 is 5.84 Å². The fraction of sp³-hybridized carbons (Fsp3) is 0.154. The zero-order valence-electron chi connectivity index (χ0n) is 9.36. The maximum atomic E-state index is 6.10. The lowest BCUT2D eigenvalue weighted by Crippen LogP contribution is -2.07. The number of fused-ring (bicyclic) bond motifs is 3. The smallest absolute Gasteiger partial charge is 0.0737 e. The van der Waals surface area contributed by atoms with E-state index in [0.29, 0.717) is 0 Å². The topological polar surface area (TPSA) is 43.8 Å². The molecule has 2 heterocycles. The molecule has 0 saturated heterocycles. The van der Waals surface area contributed by atoms with Gasteiger partial charge in [0.1, 0.15) is 0 Å². The van der Waals surface area contributed by atoms with E-state index in [2.05, 4.69) is 30.1 Å². The molecule has 0 saturated carbocycles. The monoisotopic (exact) mass is 211 g/mol. The molecule has 0 bridgehead atoms. The molecule has 80 valence electrons. The first-order valence-electron chi connectivity index (χ1n) is 5.29. The Bertz CT molecular complexity index is 636. The van der Waals surface area contributed by atoms with E-state index in [1.807, 2.05) is 19.2 Å². The number of aromatic nitrogens is 2. The second-order valence-corrected chi connectivity index (χ2v) is 4.23. The summed E-state index contributed by atoms with van der Waals surface area (Å²) in [4.78, 5) is 4.32. The number of hydrogen-bond acceptors (Lipinski definition) is 2. The molecule has 0 fully saturated rings. The van der Waals surface area contributed by atoms with E-state index in [1.54, 1.807) is 4.68 Å². The Labute approximate surface area is 93.5 Å². The maximum Gasteiger partial charge on any atom is 0.0737 e. The van der Waals surface area contributed by atoms with Crippen LogP contribution in [0.15, 0.2) is 30.5 Å². The average Bonchev–Trinajstić information content (AvgIpc) is 2.53. The third kappa shape index (κ3) is 1.11. The number of nitrogen functional groups attached to an aromatic ring is 1. The van der Waals surface area contributed by atoms with Crippen molar-refractivity contribution in [2.45, 2.75) is 13.8 Å². The van der Waals surface area contributed by atoms with E-state index in [4.69, 9.17) is 5.84 Å². The van der Waals surface area contributed by atoms with Crippen LogP contribution in [-0.2, 0) is 0 Å². The Kier molecular flexibility index (Phi) is 1.72. The highest BCUT2D eigenvalue weighted by Crippen LogP contribution is 2.27. The molecule has 0 spiro atoms. The van der Waals surface area contributed by atoms with E-state index < -0.39 is 0 Å². The van der Waals surface area contributed by atoms with Gasteiger partial charge in [-0.2, -0.15) is 0 Å². The van der Waals surface area contributed by atoms with Gasteiger partial charge in [-0.25, -0.2) is 0 Å². The van der Waals surface area contributed by atoms with Crippen molar-refractivity contribution < 1.29 is 0 Å². The lowest BCUT2D eigenvalue weighted by Gasteiger charge is -1.98. The summed E-state index contributed by atoms with van der Waals surface area (Å²) in [7, 11) is 0. The minimum Gasteiger partial charge on any atom is -0.339 e. The molecule has 0 aliphatic carbocycles. The standard InChI is InChI=1S/C13H13N3/c1-8-3-4-10-11-7-15-9(2)6-13(11)16(14)12(10)5-8/h3-7H,14H2,1-2H3. The summed E-state index contributed by atoms with van der Waals surface area (Å²) >= 11 is 0. The molecule has 3 rings (SSSR count). The van der Waals surface area contributed by atoms with Gasteiger partial charge in [0.05, 0.1) is 11.0 Å². The van der Waals surface area contributed by atoms with Crippen molar-refractivity contribution in [3.63, 3.8) is 0 Å². The molecule has 0 unspecified atom stereocenters. The zero-order valence-corrected chi connectivity index (χ0v) is 9.36. The minimum absolute atomic E-state index is 0.985. The summed E-state index contributed by atoms with van der Waals surface area (Å²) < 4.78 is 1.74. The number of nitrogens with zero attached hydrogens (tertiary/aromatic N) is 2. The molecular weight excluding hydrogens is 198 g/mol. The first-order chi connectivity index (χ1) is 7.66. The Morgan fingerprint density at radius 1 is 1.06 bits per heavy atom. The van der Waals surface area contributed by atoms with Crippen LogP contribution >= 0.6 is 0 Å². The molecule has 0 aliphatic rings. The van der Waals surface area contributed by atoms with E-state index in [-0.39, 0.29) is 0 Å². The number of benzene rings is 1. The second kappa shape index (κ2) is 2.98. The molecule has 0 aliphatic heterocycles. The number of rotatable bonds is 0. The van der Waals surface area contributed by atoms with Gasteiger partial charge in [0, 0.05) is 22.7 Å². The highest BCUT2D eigenvalue weighted by Gasteiger charge is 2.08. The third-order valence-corrected chi connectivity index (χ3v) is 2.98. The molecule has 2 aromatic heterocycles. The van der Waals surface area contributed by atoms with E-state index in [0.717, 1.165) is 27.5 Å². The average molecular weight is 211 g/mol. The summed E-state index contributed by atoms with van der Waals surface area (Å²) in [5.74, 6) is 6.10. The number of nitrogens with two attached hydrogens (primary N) is 1. The molecule has 1 aromatic carbocycles. The van der Waals surface area contributed by atoms with Crippen molar-refractivity contribution in [3.8, 4) is 0 Å². The summed E-state index contributed by atoms with van der Waals surface area (Å²) in [5, 5.41) is 2.28. The lowest BCUT2D eigenvalue weighted by molar-refractivity contribution is 1.11. The van der Waals surface area contributed by atoms with E-state index in [9.17, 15) is 0 Å². The third-order valence-electron chi connectivity index (χ3n) is 2.98. The zero-order chi connectivity index (χ0) is 11.3. The van der Waals surface area contributed by atoms with Crippen molar-refractivity contribution in [3.05, 3.63) is 41.7 Å². The molecule has 16 heavy (non-hydrogen) atoms. The van der Waals surface area contributed by atoms with Gasteiger partial charge in [-0.05, 0) is 31.5 Å². The van der Waals surface area contributed by atoms with Crippen LogP contribution in [0.5, 0.6) is 0 Å². The quantitative estimate of drug-likeness (QED) is 0.581. The Morgan fingerprint density at radius 3 is 2.62 bits per heavy atom. The Hall–Kier alpha value is -2.03. The van der Waals surface area contributed by atoms with Crippen LogP contribution in [0.3, 0.4) is 0 Å². The van der Waals surface area contributed by atoms with Crippen molar-refractivity contribution in [1.82, 2.24) is 9.66 Å². The van der Waals surface area contributed by atoms with E-state index >= 15 is 0 Å². The molecule has 3 heteroatoms. The van der Waals surface area contributed by atoms with Crippen LogP contribution in [0.2, 0.25) is 0 Å². The van der Waals surface area contributed by atoms with Gasteiger partial charge in [0.15, 0.2) is 0 Å². The lowest BCUT2D eigenvalue weighted by atomic mass is 10.1. The van der Waals surface area contributed by atoms with Crippen LogP contribution in [-0.4, -0.2) is 9.66 Å². The minimum atomic E-state index is 0.985. The van der Waals surface area contributed by atoms with Gasteiger partial charge in [0.25, 0.3) is 0 Å². The second-order valence-electron chi connectivity index (χ2n) is 4.23. The molecule has 0 radical (unpaired) electrons. The SMILES string of the molecule is Cc1ccc2c3cnc(C)cc3n(N)c2c1. The highest BCUT2D eigenvalue weighted by atomic mass is 15.3. The summed E-state index contributed by atoms with van der Waals surface area (Å²) in [6.45, 7) is 4.04. The van der Waals surface area contributed by atoms with E-state index in [1.165, 1.54) is 5.56 Å². The predicted octanol–water partition coefficient (Wildman–Crippen LogP) is 2.52. The maximum absolute atomic E-state index is 6.10. The molecule has 2 N–H and O–H groups in total. The number of hydrogen-bond donors (Lipinski definition) is 1. The van der Waals surface area contributed by atoms with Gasteiger partial charge in [-0.3, -0.25) is 9.66 Å². The fourth-order valence-corrected chi connectivity index (χ4v) is 2.15. The van der Waals surface area contributed by atoms with Crippen LogP contribution in [0.1, 0.15) is 11.3 Å². The van der Waals surface area contributed by atoms with Crippen molar-refractivity contribution in [2.24, 2.45) is 0 Å². The first kappa shape index (κ1) is 9.21. The Morgan fingerprint density at radius 2 is 1.81 bits per heavy atom. The van der Waals surface area contributed by atoms with Gasteiger partial charge in [-0.15, -0.1) is 0 Å². The van der Waals surface area contributed by atoms with Gasteiger partial charge in [0.2, 0.25) is 0 Å². The summed E-state index contributed by atoms with van der Waals surface area (Å²) in [5.41, 5.74) is 4.29. The molecule has 3 nitrogen and oxygen atoms in total. The van der Waals surface area contributed by atoms with Crippen LogP contribution < -0.4 is 5.84 Å². The largest absolute Gasteiger partial charge is 0.339 e. The van der Waals surface area contributed by atoms with Crippen LogP contribution in [0.4, 0.5) is 0 Å². The predicted molar refractivity (Wildman–Crippen MR) is 66.9 cm³/mol. The van der Waals surface area contributed by atoms with Crippen molar-refractivity contribution in [1.29, 1.82) is 0 Å². The summed E-state index contributed by atoms with van der Waals surface area (Å²) in [6, 6.07) is 8.32. The van der Waals surface area contributed by atoms with Gasteiger partial charge >= 0.3 is 0 Å². The molecule has 0 atom stereocenters. The first-order valence-corrected chi connectivity index (χ1v) is 5.29. The Balaban J connectivity index is 2.59. The number of pyridine rings is 1. The highest BCUT2D eigenvalue weighted by molar-refractivity contribution is 6.07. The normalized spacial score (nSPS) is 11.4. The summed E-state index contributed by atoms with van der Waals surface area (Å²) in [6.07, 6.45) is 1.89. The number of aryl methyl sites for hydroxylation is 2. The van der Waals surface area contributed by atoms with Crippen LogP contribution in [0, 0.1) is 13.8 Å².